The lowest BCUT2D eigenvalue weighted by molar-refractivity contribution is 0.379. The topological polar surface area (TPSA) is 58.6 Å². The molecule has 1 fully saturated rings. The largest absolute Gasteiger partial charge is 0.495 e. The highest BCUT2D eigenvalue weighted by atomic mass is 35.5. The van der Waals surface area contributed by atoms with E-state index in [-0.39, 0.29) is 23.3 Å². The maximum absolute atomic E-state index is 12.7. The van der Waals surface area contributed by atoms with Gasteiger partial charge in [-0.15, -0.1) is 12.4 Å². The quantitative estimate of drug-likeness (QED) is 0.879. The summed E-state index contributed by atoms with van der Waals surface area (Å²) in [7, 11) is -0.179. The number of likely N-dealkylation sites (N-methyl/N-ethyl adjacent to an activating group) is 1. The molecule has 1 aliphatic heterocycles. The summed E-state index contributed by atoms with van der Waals surface area (Å²) in [4.78, 5) is 0.214. The zero-order valence-corrected chi connectivity index (χ0v) is 14.4. The first-order chi connectivity index (χ1) is 9.50. The van der Waals surface area contributed by atoms with Crippen molar-refractivity contribution in [2.24, 2.45) is 0 Å². The van der Waals surface area contributed by atoms with Crippen LogP contribution in [0.4, 0.5) is 0 Å². The van der Waals surface area contributed by atoms with Crippen LogP contribution < -0.4 is 10.1 Å². The monoisotopic (exact) mass is 354 g/mol. The van der Waals surface area contributed by atoms with Crippen LogP contribution in [0.2, 0.25) is 5.02 Å². The zero-order valence-electron chi connectivity index (χ0n) is 12.0. The molecule has 1 heterocycles. The van der Waals surface area contributed by atoms with E-state index >= 15 is 0 Å². The molecule has 1 aliphatic rings. The zero-order chi connectivity index (χ0) is 14.8. The van der Waals surface area contributed by atoms with E-state index in [1.807, 2.05) is 7.05 Å². The van der Waals surface area contributed by atoms with Crippen molar-refractivity contribution in [3.8, 4) is 5.75 Å². The predicted octanol–water partition coefficient (Wildman–Crippen LogP) is 2.14. The van der Waals surface area contributed by atoms with Crippen molar-refractivity contribution >= 4 is 34.0 Å². The lowest BCUT2D eigenvalue weighted by Crippen LogP contribution is -2.40. The molecule has 0 saturated carbocycles. The van der Waals surface area contributed by atoms with Gasteiger partial charge in [0.05, 0.1) is 17.0 Å². The van der Waals surface area contributed by atoms with E-state index in [0.29, 0.717) is 23.9 Å². The fraction of sp³-hybridized carbons (Fsp3) is 0.538. The number of nitrogens with one attached hydrogen (secondary N) is 1. The minimum absolute atomic E-state index is 0. The molecule has 8 heteroatoms. The van der Waals surface area contributed by atoms with Crippen LogP contribution in [0.1, 0.15) is 12.8 Å². The van der Waals surface area contributed by atoms with Gasteiger partial charge in [0.15, 0.2) is 0 Å². The molecule has 0 bridgehead atoms. The number of halogens is 2. The minimum atomic E-state index is -3.50. The number of methoxy groups -OCH3 is 1. The molecule has 0 radical (unpaired) electrons. The van der Waals surface area contributed by atoms with Gasteiger partial charge in [0.25, 0.3) is 0 Å². The Morgan fingerprint density at radius 2 is 2.19 bits per heavy atom. The second-order valence-corrected chi connectivity index (χ2v) is 7.06. The van der Waals surface area contributed by atoms with E-state index in [9.17, 15) is 8.42 Å². The van der Waals surface area contributed by atoms with Gasteiger partial charge in [0.2, 0.25) is 10.0 Å². The van der Waals surface area contributed by atoms with E-state index in [2.05, 4.69) is 5.32 Å². The highest BCUT2D eigenvalue weighted by Crippen LogP contribution is 2.31. The van der Waals surface area contributed by atoms with E-state index in [4.69, 9.17) is 16.3 Å². The minimum Gasteiger partial charge on any atom is -0.495 e. The predicted molar refractivity (Wildman–Crippen MR) is 86.1 cm³/mol. The summed E-state index contributed by atoms with van der Waals surface area (Å²) in [6, 6.07) is 4.57. The van der Waals surface area contributed by atoms with E-state index in [1.165, 1.54) is 19.2 Å². The Morgan fingerprint density at radius 3 is 2.76 bits per heavy atom. The molecule has 0 spiro atoms. The summed E-state index contributed by atoms with van der Waals surface area (Å²) < 4.78 is 31.9. The normalized spacial score (nSPS) is 19.3. The van der Waals surface area contributed by atoms with E-state index in [1.54, 1.807) is 10.4 Å². The van der Waals surface area contributed by atoms with Crippen molar-refractivity contribution in [1.82, 2.24) is 9.62 Å². The van der Waals surface area contributed by atoms with Gasteiger partial charge in [-0.3, -0.25) is 0 Å². The highest BCUT2D eigenvalue weighted by Gasteiger charge is 2.35. The molecular weight excluding hydrogens is 335 g/mol. The second-order valence-electron chi connectivity index (χ2n) is 4.77. The molecule has 21 heavy (non-hydrogen) atoms. The van der Waals surface area contributed by atoms with Gasteiger partial charge < -0.3 is 10.1 Å². The van der Waals surface area contributed by atoms with Crippen LogP contribution in [0.15, 0.2) is 23.1 Å². The Balaban J connectivity index is 0.00000220. The Labute approximate surface area is 137 Å². The van der Waals surface area contributed by atoms with Gasteiger partial charge in [0, 0.05) is 19.1 Å². The molecule has 0 aromatic heterocycles. The lowest BCUT2D eigenvalue weighted by atomic mass is 10.2. The molecule has 1 N–H and O–H groups in total. The van der Waals surface area contributed by atoms with Crippen LogP contribution >= 0.6 is 24.0 Å². The molecular formula is C13H20Cl2N2O3S. The molecule has 1 unspecified atom stereocenters. The smallest absolute Gasteiger partial charge is 0.243 e. The average molecular weight is 355 g/mol. The summed E-state index contributed by atoms with van der Waals surface area (Å²) >= 11 is 6.02. The highest BCUT2D eigenvalue weighted by molar-refractivity contribution is 7.89. The van der Waals surface area contributed by atoms with Gasteiger partial charge in [-0.25, -0.2) is 8.42 Å². The average Bonchev–Trinajstić information content (AvgIpc) is 2.88. The molecule has 0 amide bonds. The maximum Gasteiger partial charge on any atom is 0.243 e. The second kappa shape index (κ2) is 7.65. The molecule has 5 nitrogen and oxygen atoms in total. The van der Waals surface area contributed by atoms with Crippen molar-refractivity contribution in [1.29, 1.82) is 0 Å². The summed E-state index contributed by atoms with van der Waals surface area (Å²) in [5.74, 6) is 0.471. The number of ether oxygens (including phenoxy) is 1. The first kappa shape index (κ1) is 18.5. The van der Waals surface area contributed by atoms with Gasteiger partial charge in [0.1, 0.15) is 5.75 Å². The Kier molecular flexibility index (Phi) is 6.74. The number of benzene rings is 1. The molecule has 1 aromatic carbocycles. The number of hydrogen-bond acceptors (Lipinski definition) is 4. The number of rotatable bonds is 5. The van der Waals surface area contributed by atoms with Crippen LogP contribution in [0.3, 0.4) is 0 Å². The van der Waals surface area contributed by atoms with Gasteiger partial charge in [-0.2, -0.15) is 4.31 Å². The van der Waals surface area contributed by atoms with Crippen molar-refractivity contribution in [2.45, 2.75) is 23.8 Å². The van der Waals surface area contributed by atoms with Crippen LogP contribution in [0.25, 0.3) is 0 Å². The summed E-state index contributed by atoms with van der Waals surface area (Å²) in [5, 5.41) is 3.34. The lowest BCUT2D eigenvalue weighted by Gasteiger charge is -2.24. The number of hydrogen-bond donors (Lipinski definition) is 1. The van der Waals surface area contributed by atoms with Crippen molar-refractivity contribution in [3.05, 3.63) is 23.2 Å². The van der Waals surface area contributed by atoms with Crippen LogP contribution in [0, 0.1) is 0 Å². The van der Waals surface area contributed by atoms with Crippen molar-refractivity contribution in [3.63, 3.8) is 0 Å². The van der Waals surface area contributed by atoms with Crippen molar-refractivity contribution in [2.75, 3.05) is 27.2 Å². The fourth-order valence-electron chi connectivity index (χ4n) is 2.51. The SMILES string of the molecule is CNCC1CCCN1S(=O)(=O)c1ccc(OC)c(Cl)c1.Cl. The first-order valence-electron chi connectivity index (χ1n) is 6.50. The summed E-state index contributed by atoms with van der Waals surface area (Å²) in [5.41, 5.74) is 0. The molecule has 1 atom stereocenters. The fourth-order valence-corrected chi connectivity index (χ4v) is 4.55. The van der Waals surface area contributed by atoms with Crippen LogP contribution in [0.5, 0.6) is 5.75 Å². The van der Waals surface area contributed by atoms with Gasteiger partial charge in [-0.05, 0) is 38.1 Å². The number of sulfonamides is 1. The standard InChI is InChI=1S/C13H19ClN2O3S.ClH/c1-15-9-10-4-3-7-16(10)20(17,18)11-5-6-13(19-2)12(14)8-11;/h5-6,8,10,15H,3-4,7,9H2,1-2H3;1H. The van der Waals surface area contributed by atoms with Crippen LogP contribution in [-0.2, 0) is 10.0 Å². The molecule has 120 valence electrons. The molecule has 2 rings (SSSR count). The van der Waals surface area contributed by atoms with Crippen LogP contribution in [-0.4, -0.2) is 46.0 Å². The van der Waals surface area contributed by atoms with E-state index in [0.717, 1.165) is 12.8 Å². The van der Waals surface area contributed by atoms with E-state index < -0.39 is 10.0 Å². The molecule has 1 aromatic rings. The third kappa shape index (κ3) is 3.81. The van der Waals surface area contributed by atoms with Gasteiger partial charge >= 0.3 is 0 Å². The van der Waals surface area contributed by atoms with Gasteiger partial charge in [-0.1, -0.05) is 11.6 Å². The first-order valence-corrected chi connectivity index (χ1v) is 8.32. The number of nitrogens with zero attached hydrogens (tertiary/aromatic N) is 1. The van der Waals surface area contributed by atoms with Crippen molar-refractivity contribution < 1.29 is 13.2 Å². The third-order valence-electron chi connectivity index (χ3n) is 3.49. The molecule has 0 aliphatic carbocycles. The maximum atomic E-state index is 12.7. The molecule has 1 saturated heterocycles. The Morgan fingerprint density at radius 1 is 1.48 bits per heavy atom. The Bertz CT molecular complexity index is 581. The summed E-state index contributed by atoms with van der Waals surface area (Å²) in [6.07, 6.45) is 1.76. The third-order valence-corrected chi connectivity index (χ3v) is 5.74. The summed E-state index contributed by atoms with van der Waals surface area (Å²) in [6.45, 7) is 1.21. The Hall–Kier alpha value is -0.530.